The lowest BCUT2D eigenvalue weighted by atomic mass is 10.0. The van der Waals surface area contributed by atoms with E-state index in [0.717, 1.165) is 21.0 Å². The van der Waals surface area contributed by atoms with Crippen LogP contribution in [0.3, 0.4) is 0 Å². The Morgan fingerprint density at radius 3 is 2.15 bits per heavy atom. The van der Waals surface area contributed by atoms with E-state index in [1.165, 1.54) is 29.2 Å². The second-order valence-electron chi connectivity index (χ2n) is 12.1. The molecule has 4 aromatic rings. The highest BCUT2D eigenvalue weighted by Crippen LogP contribution is 2.27. The Kier molecular flexibility index (Phi) is 11.1. The number of hydrogen-bond acceptors (Lipinski definition) is 5. The summed E-state index contributed by atoms with van der Waals surface area (Å²) in [5, 5.41) is 3.42. The van der Waals surface area contributed by atoms with Gasteiger partial charge >= 0.3 is 0 Å². The zero-order chi connectivity index (χ0) is 33.5. The predicted molar refractivity (Wildman–Crippen MR) is 183 cm³/mol. The van der Waals surface area contributed by atoms with Crippen LogP contribution in [0.25, 0.3) is 0 Å². The molecule has 2 amide bonds. The molecule has 1 unspecified atom stereocenters. The quantitative estimate of drug-likeness (QED) is 0.189. The summed E-state index contributed by atoms with van der Waals surface area (Å²) in [5.74, 6) is -0.308. The fraction of sp³-hybridized carbons (Fsp3) is 0.278. The number of carbonyl (C=O) groups excluding carboxylic acids is 2. The fourth-order valence-electron chi connectivity index (χ4n) is 5.02. The lowest BCUT2D eigenvalue weighted by Gasteiger charge is -2.35. The summed E-state index contributed by atoms with van der Waals surface area (Å²) in [5.41, 5.74) is 2.13. The smallest absolute Gasteiger partial charge is 0.264 e. The Labute approximate surface area is 277 Å². The molecule has 0 saturated carbocycles. The van der Waals surface area contributed by atoms with Crippen molar-refractivity contribution in [1.29, 1.82) is 0 Å². The third-order valence-electron chi connectivity index (χ3n) is 7.23. The van der Waals surface area contributed by atoms with Crippen LogP contribution in [0.5, 0.6) is 5.75 Å². The first kappa shape index (κ1) is 34.5. The molecule has 4 rings (SSSR count). The number of carbonyl (C=O) groups is 2. The molecule has 0 bridgehead atoms. The number of halogens is 1. The second kappa shape index (κ2) is 14.8. The highest BCUT2D eigenvalue weighted by molar-refractivity contribution is 7.92. The molecule has 0 saturated heterocycles. The van der Waals surface area contributed by atoms with E-state index in [9.17, 15) is 18.0 Å². The third-order valence-corrected chi connectivity index (χ3v) is 9.27. The van der Waals surface area contributed by atoms with Crippen LogP contribution in [0.1, 0.15) is 37.5 Å². The maximum Gasteiger partial charge on any atom is 0.264 e. The summed E-state index contributed by atoms with van der Waals surface area (Å²) in [6, 6.07) is 28.5. The number of rotatable bonds is 12. The van der Waals surface area contributed by atoms with Crippen LogP contribution in [0, 0.1) is 6.92 Å². The predicted octanol–water partition coefficient (Wildman–Crippen LogP) is 6.41. The number of anilines is 1. The zero-order valence-corrected chi connectivity index (χ0v) is 28.3. The van der Waals surface area contributed by atoms with Gasteiger partial charge in [-0.3, -0.25) is 13.9 Å². The van der Waals surface area contributed by atoms with Crippen molar-refractivity contribution in [2.45, 2.75) is 57.1 Å². The Hall–Kier alpha value is -4.34. The summed E-state index contributed by atoms with van der Waals surface area (Å²) in [6.07, 6.45) is 0.215. The molecular formula is C36H40ClN3O5S. The van der Waals surface area contributed by atoms with E-state index in [-0.39, 0.29) is 23.8 Å². The lowest BCUT2D eigenvalue weighted by molar-refractivity contribution is -0.140. The van der Waals surface area contributed by atoms with Crippen molar-refractivity contribution < 1.29 is 22.7 Å². The molecule has 4 aromatic carbocycles. The van der Waals surface area contributed by atoms with Crippen molar-refractivity contribution in [2.75, 3.05) is 18.0 Å². The first-order valence-electron chi connectivity index (χ1n) is 14.9. The van der Waals surface area contributed by atoms with Crippen LogP contribution in [0.15, 0.2) is 108 Å². The molecule has 0 aromatic heterocycles. The number of benzene rings is 4. The number of ether oxygens (including phenoxy) is 1. The maximum absolute atomic E-state index is 14.6. The van der Waals surface area contributed by atoms with Crippen LogP contribution in [0.2, 0.25) is 5.02 Å². The topological polar surface area (TPSA) is 96.0 Å². The zero-order valence-electron chi connectivity index (χ0n) is 26.7. The van der Waals surface area contributed by atoms with E-state index in [2.05, 4.69) is 5.32 Å². The van der Waals surface area contributed by atoms with Crippen molar-refractivity contribution in [3.8, 4) is 5.75 Å². The van der Waals surface area contributed by atoms with Gasteiger partial charge in [0, 0.05) is 23.5 Å². The van der Waals surface area contributed by atoms with E-state index in [1.54, 1.807) is 37.4 Å². The van der Waals surface area contributed by atoms with Gasteiger partial charge in [-0.15, -0.1) is 0 Å². The summed E-state index contributed by atoms with van der Waals surface area (Å²) >= 11 is 6.06. The normalized spacial score (nSPS) is 12.2. The van der Waals surface area contributed by atoms with E-state index in [4.69, 9.17) is 16.3 Å². The van der Waals surface area contributed by atoms with Gasteiger partial charge in [-0.05, 0) is 92.9 Å². The number of hydrogen-bond donors (Lipinski definition) is 1. The van der Waals surface area contributed by atoms with Gasteiger partial charge in [-0.25, -0.2) is 8.42 Å². The van der Waals surface area contributed by atoms with Gasteiger partial charge in [-0.2, -0.15) is 0 Å². The molecule has 0 aliphatic heterocycles. The van der Waals surface area contributed by atoms with Gasteiger partial charge < -0.3 is 15.0 Å². The van der Waals surface area contributed by atoms with Crippen LogP contribution in [-0.2, 0) is 32.6 Å². The monoisotopic (exact) mass is 661 g/mol. The Balaban J connectivity index is 1.83. The molecule has 0 aliphatic carbocycles. The standard InChI is InChI=1S/C36H40ClN3O5S/c1-26-11-9-15-30(21-26)40(46(43,44)32-19-17-29(37)18-20-32)25-34(41)39(24-28-14-10-16-31(22-28)45-5)33(35(42)38-36(2,3)4)23-27-12-7-6-8-13-27/h6-22,33H,23-25H2,1-5H3,(H,38,42). The van der Waals surface area contributed by atoms with E-state index in [0.29, 0.717) is 16.5 Å². The number of nitrogens with zero attached hydrogens (tertiary/aromatic N) is 2. The number of amides is 2. The van der Waals surface area contributed by atoms with E-state index >= 15 is 0 Å². The number of aryl methyl sites for hydroxylation is 1. The van der Waals surface area contributed by atoms with Crippen molar-refractivity contribution in [1.82, 2.24) is 10.2 Å². The average molecular weight is 662 g/mol. The first-order valence-corrected chi connectivity index (χ1v) is 16.7. The van der Waals surface area contributed by atoms with Crippen molar-refractivity contribution in [2.24, 2.45) is 0 Å². The molecule has 8 nitrogen and oxygen atoms in total. The average Bonchev–Trinajstić information content (AvgIpc) is 3.01. The van der Waals surface area contributed by atoms with Crippen LogP contribution >= 0.6 is 11.6 Å². The molecule has 10 heteroatoms. The van der Waals surface area contributed by atoms with Gasteiger partial charge in [0.05, 0.1) is 17.7 Å². The molecular weight excluding hydrogens is 622 g/mol. The summed E-state index contributed by atoms with van der Waals surface area (Å²) in [4.78, 5) is 30.0. The highest BCUT2D eigenvalue weighted by Gasteiger charge is 2.35. The van der Waals surface area contributed by atoms with Crippen molar-refractivity contribution >= 4 is 39.1 Å². The lowest BCUT2D eigenvalue weighted by Crippen LogP contribution is -2.56. The maximum atomic E-state index is 14.6. The molecule has 0 aliphatic rings. The Bertz CT molecular complexity index is 1760. The van der Waals surface area contributed by atoms with Crippen LogP contribution < -0.4 is 14.4 Å². The molecule has 0 spiro atoms. The minimum absolute atomic E-state index is 0.0168. The second-order valence-corrected chi connectivity index (χ2v) is 14.4. The molecule has 1 atom stereocenters. The van der Waals surface area contributed by atoms with Crippen LogP contribution in [-0.4, -0.2) is 50.4 Å². The highest BCUT2D eigenvalue weighted by atomic mass is 35.5. The Morgan fingerprint density at radius 2 is 1.52 bits per heavy atom. The van der Waals surface area contributed by atoms with Gasteiger partial charge in [0.25, 0.3) is 10.0 Å². The van der Waals surface area contributed by atoms with Crippen molar-refractivity contribution in [3.63, 3.8) is 0 Å². The molecule has 242 valence electrons. The fourth-order valence-corrected chi connectivity index (χ4v) is 6.55. The number of methoxy groups -OCH3 is 1. The Morgan fingerprint density at radius 1 is 0.870 bits per heavy atom. The number of sulfonamides is 1. The SMILES string of the molecule is COc1cccc(CN(C(=O)CN(c2cccc(C)c2)S(=O)(=O)c2ccc(Cl)cc2)C(Cc2ccccc2)C(=O)NC(C)(C)C)c1. The largest absolute Gasteiger partial charge is 0.497 e. The third kappa shape index (κ3) is 9.11. The molecule has 46 heavy (non-hydrogen) atoms. The van der Waals surface area contributed by atoms with E-state index < -0.39 is 34.1 Å². The summed E-state index contributed by atoms with van der Waals surface area (Å²) < 4.78 is 34.8. The summed E-state index contributed by atoms with van der Waals surface area (Å²) in [7, 11) is -2.67. The van der Waals surface area contributed by atoms with Gasteiger partial charge in [0.2, 0.25) is 11.8 Å². The minimum Gasteiger partial charge on any atom is -0.497 e. The minimum atomic E-state index is -4.23. The van der Waals surface area contributed by atoms with Gasteiger partial charge in [0.1, 0.15) is 18.3 Å². The first-order chi connectivity index (χ1) is 21.8. The van der Waals surface area contributed by atoms with Crippen molar-refractivity contribution in [3.05, 3.63) is 125 Å². The molecule has 0 radical (unpaired) electrons. The molecule has 1 N–H and O–H groups in total. The number of nitrogens with one attached hydrogen (secondary N) is 1. The van der Waals surface area contributed by atoms with Crippen LogP contribution in [0.4, 0.5) is 5.69 Å². The molecule has 0 heterocycles. The molecule has 0 fully saturated rings. The van der Waals surface area contributed by atoms with E-state index in [1.807, 2.05) is 76.2 Å². The summed E-state index contributed by atoms with van der Waals surface area (Å²) in [6.45, 7) is 6.95. The van der Waals surface area contributed by atoms with Gasteiger partial charge in [0.15, 0.2) is 0 Å². The van der Waals surface area contributed by atoms with Gasteiger partial charge in [-0.1, -0.05) is 66.2 Å².